The van der Waals surface area contributed by atoms with Crippen molar-refractivity contribution in [2.45, 2.75) is 0 Å². The summed E-state index contributed by atoms with van der Waals surface area (Å²) in [6.07, 6.45) is 2.80. The van der Waals surface area contributed by atoms with Gasteiger partial charge in [0, 0.05) is 16.8 Å². The molecule has 0 unspecified atom stereocenters. The zero-order chi connectivity index (χ0) is 15.9. The van der Waals surface area contributed by atoms with Gasteiger partial charge >= 0.3 is 11.8 Å². The Morgan fingerprint density at radius 2 is 1.95 bits per heavy atom. The Morgan fingerprint density at radius 1 is 1.14 bits per heavy atom. The van der Waals surface area contributed by atoms with Crippen molar-refractivity contribution < 1.29 is 9.59 Å². The Hall–Kier alpha value is -2.44. The number of carbonyl (C=O) groups is 2. The summed E-state index contributed by atoms with van der Waals surface area (Å²) in [6.45, 7) is 0. The van der Waals surface area contributed by atoms with Gasteiger partial charge in [-0.25, -0.2) is 10.4 Å². The highest BCUT2D eigenvalue weighted by molar-refractivity contribution is 6.39. The van der Waals surface area contributed by atoms with Crippen LogP contribution in [0.25, 0.3) is 0 Å². The first-order chi connectivity index (χ1) is 10.6. The Labute approximate surface area is 136 Å². The summed E-state index contributed by atoms with van der Waals surface area (Å²) in [4.78, 5) is 27.0. The van der Waals surface area contributed by atoms with Gasteiger partial charge in [-0.3, -0.25) is 9.59 Å². The van der Waals surface area contributed by atoms with Crippen LogP contribution in [0, 0.1) is 0 Å². The van der Waals surface area contributed by atoms with Crippen molar-refractivity contribution in [2.75, 3.05) is 5.32 Å². The van der Waals surface area contributed by atoms with Crippen LogP contribution in [-0.2, 0) is 9.59 Å². The predicted molar refractivity (Wildman–Crippen MR) is 85.1 cm³/mol. The standard InChI is InChI=1S/C14H10Cl2N4O2/c15-10-5-4-9(11(16)7-10)8-18-20-14(22)13(21)19-12-3-1-2-6-17-12/h1-8H,(H,20,22)(H,17,19,21). The van der Waals surface area contributed by atoms with Crippen molar-refractivity contribution in [2.24, 2.45) is 5.10 Å². The maximum atomic E-state index is 11.6. The number of benzene rings is 1. The lowest BCUT2D eigenvalue weighted by Gasteiger charge is -2.02. The molecule has 0 bridgehead atoms. The molecule has 2 rings (SSSR count). The van der Waals surface area contributed by atoms with Crippen molar-refractivity contribution in [1.82, 2.24) is 10.4 Å². The molecule has 22 heavy (non-hydrogen) atoms. The van der Waals surface area contributed by atoms with Gasteiger partial charge in [-0.1, -0.05) is 35.3 Å². The third-order valence-corrected chi connectivity index (χ3v) is 3.01. The van der Waals surface area contributed by atoms with Gasteiger partial charge in [0.05, 0.1) is 11.2 Å². The van der Waals surface area contributed by atoms with Crippen molar-refractivity contribution in [3.8, 4) is 0 Å². The van der Waals surface area contributed by atoms with Crippen molar-refractivity contribution in [3.05, 3.63) is 58.2 Å². The summed E-state index contributed by atoms with van der Waals surface area (Å²) in [7, 11) is 0. The van der Waals surface area contributed by atoms with Gasteiger partial charge in [-0.05, 0) is 24.3 Å². The summed E-state index contributed by atoms with van der Waals surface area (Å²) in [5, 5.41) is 6.86. The number of halogens is 2. The largest absolute Gasteiger partial charge is 0.329 e. The molecule has 0 atom stereocenters. The van der Waals surface area contributed by atoms with Crippen LogP contribution in [0.5, 0.6) is 0 Å². The summed E-state index contributed by atoms with van der Waals surface area (Å²) >= 11 is 11.7. The molecule has 112 valence electrons. The molecule has 0 saturated carbocycles. The summed E-state index contributed by atoms with van der Waals surface area (Å²) < 4.78 is 0. The average molecular weight is 337 g/mol. The number of hydrogen-bond acceptors (Lipinski definition) is 4. The number of rotatable bonds is 3. The van der Waals surface area contributed by atoms with Crippen LogP contribution in [0.2, 0.25) is 10.0 Å². The highest BCUT2D eigenvalue weighted by Crippen LogP contribution is 2.19. The fraction of sp³-hybridized carbons (Fsp3) is 0. The number of anilines is 1. The van der Waals surface area contributed by atoms with E-state index in [0.29, 0.717) is 15.6 Å². The van der Waals surface area contributed by atoms with Gasteiger partial charge in [-0.15, -0.1) is 0 Å². The highest BCUT2D eigenvalue weighted by atomic mass is 35.5. The van der Waals surface area contributed by atoms with Gasteiger partial charge in [0.2, 0.25) is 0 Å². The van der Waals surface area contributed by atoms with Crippen LogP contribution in [-0.4, -0.2) is 23.0 Å². The number of aromatic nitrogens is 1. The smallest absolute Gasteiger partial charge is 0.302 e. The number of nitrogens with one attached hydrogen (secondary N) is 2. The number of pyridine rings is 1. The van der Waals surface area contributed by atoms with Crippen LogP contribution in [0.1, 0.15) is 5.56 Å². The molecule has 1 aromatic carbocycles. The summed E-state index contributed by atoms with van der Waals surface area (Å²) in [5.74, 6) is -1.53. The third-order valence-electron chi connectivity index (χ3n) is 2.44. The predicted octanol–water partition coefficient (Wildman–Crippen LogP) is 2.48. The lowest BCUT2D eigenvalue weighted by atomic mass is 10.2. The SMILES string of the molecule is O=C(NN=Cc1ccc(Cl)cc1Cl)C(=O)Nc1ccccn1. The number of hydrazone groups is 1. The summed E-state index contributed by atoms with van der Waals surface area (Å²) in [6, 6.07) is 9.73. The lowest BCUT2D eigenvalue weighted by Crippen LogP contribution is -2.32. The van der Waals surface area contributed by atoms with E-state index >= 15 is 0 Å². The number of nitrogens with zero attached hydrogens (tertiary/aromatic N) is 2. The molecule has 0 radical (unpaired) electrons. The Kier molecular flexibility index (Phi) is 5.46. The maximum Gasteiger partial charge on any atom is 0.329 e. The number of carbonyl (C=O) groups excluding carboxylic acids is 2. The normalized spacial score (nSPS) is 10.5. The van der Waals surface area contributed by atoms with E-state index in [4.69, 9.17) is 23.2 Å². The van der Waals surface area contributed by atoms with E-state index < -0.39 is 11.8 Å². The zero-order valence-corrected chi connectivity index (χ0v) is 12.6. The minimum Gasteiger partial charge on any atom is -0.302 e. The quantitative estimate of drug-likeness (QED) is 0.513. The first kappa shape index (κ1) is 15.9. The zero-order valence-electron chi connectivity index (χ0n) is 11.1. The van der Waals surface area contributed by atoms with Crippen molar-refractivity contribution >= 4 is 47.0 Å². The van der Waals surface area contributed by atoms with Crippen molar-refractivity contribution in [3.63, 3.8) is 0 Å². The molecule has 8 heteroatoms. The molecule has 0 fully saturated rings. The van der Waals surface area contributed by atoms with E-state index in [1.165, 1.54) is 12.4 Å². The fourth-order valence-corrected chi connectivity index (χ4v) is 1.88. The van der Waals surface area contributed by atoms with E-state index in [-0.39, 0.29) is 5.82 Å². The summed E-state index contributed by atoms with van der Waals surface area (Å²) in [5.41, 5.74) is 2.64. The fourth-order valence-electron chi connectivity index (χ4n) is 1.43. The van der Waals surface area contributed by atoms with E-state index in [1.54, 1.807) is 36.4 Å². The monoisotopic (exact) mass is 336 g/mol. The van der Waals surface area contributed by atoms with Crippen LogP contribution >= 0.6 is 23.2 Å². The molecule has 2 aromatic rings. The molecule has 2 amide bonds. The second kappa shape index (κ2) is 7.53. The van der Waals surface area contributed by atoms with E-state index in [1.807, 2.05) is 0 Å². The van der Waals surface area contributed by atoms with E-state index in [2.05, 4.69) is 20.8 Å². The van der Waals surface area contributed by atoms with Crippen LogP contribution in [0.4, 0.5) is 5.82 Å². The molecule has 0 aliphatic rings. The molecule has 0 spiro atoms. The first-order valence-corrected chi connectivity index (χ1v) is 6.82. The molecular formula is C14H10Cl2N4O2. The average Bonchev–Trinajstić information content (AvgIpc) is 2.50. The van der Waals surface area contributed by atoms with Gasteiger partial charge in [-0.2, -0.15) is 5.10 Å². The van der Waals surface area contributed by atoms with Crippen LogP contribution in [0.15, 0.2) is 47.7 Å². The maximum absolute atomic E-state index is 11.6. The van der Waals surface area contributed by atoms with Crippen LogP contribution in [0.3, 0.4) is 0 Å². The first-order valence-electron chi connectivity index (χ1n) is 6.07. The minimum atomic E-state index is -0.924. The van der Waals surface area contributed by atoms with Crippen molar-refractivity contribution in [1.29, 1.82) is 0 Å². The van der Waals surface area contributed by atoms with Gasteiger partial charge in [0.25, 0.3) is 0 Å². The molecule has 1 heterocycles. The second-order valence-electron chi connectivity index (χ2n) is 4.03. The van der Waals surface area contributed by atoms with Gasteiger partial charge in [0.15, 0.2) is 0 Å². The molecule has 2 N–H and O–H groups in total. The molecular weight excluding hydrogens is 327 g/mol. The van der Waals surface area contributed by atoms with E-state index in [9.17, 15) is 9.59 Å². The van der Waals surface area contributed by atoms with E-state index in [0.717, 1.165) is 0 Å². The molecule has 0 aliphatic carbocycles. The van der Waals surface area contributed by atoms with Crippen LogP contribution < -0.4 is 10.7 Å². The Bertz CT molecular complexity index is 720. The number of hydrogen-bond donors (Lipinski definition) is 2. The molecule has 0 saturated heterocycles. The Balaban J connectivity index is 1.92. The lowest BCUT2D eigenvalue weighted by molar-refractivity contribution is -0.136. The minimum absolute atomic E-state index is 0.271. The molecule has 0 aliphatic heterocycles. The third kappa shape index (κ3) is 4.54. The molecule has 6 nitrogen and oxygen atoms in total. The number of amides is 2. The Morgan fingerprint density at radius 3 is 2.64 bits per heavy atom. The molecule has 1 aromatic heterocycles. The van der Waals surface area contributed by atoms with Gasteiger partial charge < -0.3 is 5.32 Å². The second-order valence-corrected chi connectivity index (χ2v) is 4.88. The van der Waals surface area contributed by atoms with Gasteiger partial charge in [0.1, 0.15) is 5.82 Å². The topological polar surface area (TPSA) is 83.5 Å². The highest BCUT2D eigenvalue weighted by Gasteiger charge is 2.13.